The van der Waals surface area contributed by atoms with Gasteiger partial charge in [-0.1, -0.05) is 0 Å². The van der Waals surface area contributed by atoms with Crippen molar-refractivity contribution in [3.05, 3.63) is 29.1 Å². The van der Waals surface area contributed by atoms with E-state index in [1.54, 1.807) is 18.6 Å². The van der Waals surface area contributed by atoms with Crippen LogP contribution in [0.15, 0.2) is 29.1 Å². The highest BCUT2D eigenvalue weighted by atomic mass is 79.9. The maximum Gasteiger partial charge on any atom is 0.225 e. The van der Waals surface area contributed by atoms with Gasteiger partial charge >= 0.3 is 0 Å². The van der Waals surface area contributed by atoms with Gasteiger partial charge in [0.15, 0.2) is 0 Å². The van der Waals surface area contributed by atoms with Crippen LogP contribution in [0.1, 0.15) is 0 Å². The first-order valence-corrected chi connectivity index (χ1v) is 7.54. The van der Waals surface area contributed by atoms with Crippen LogP contribution in [0.25, 0.3) is 0 Å². The van der Waals surface area contributed by atoms with Crippen molar-refractivity contribution in [2.45, 2.75) is 0 Å². The molecule has 1 aliphatic heterocycles. The van der Waals surface area contributed by atoms with Crippen LogP contribution in [0.5, 0.6) is 0 Å². The van der Waals surface area contributed by atoms with Crippen molar-refractivity contribution >= 4 is 33.6 Å². The highest BCUT2D eigenvalue weighted by molar-refractivity contribution is 9.10. The Morgan fingerprint density at radius 3 is 2.38 bits per heavy atom. The van der Waals surface area contributed by atoms with Crippen molar-refractivity contribution in [2.24, 2.45) is 0 Å². The predicted molar refractivity (Wildman–Crippen MR) is 85.7 cm³/mol. The van der Waals surface area contributed by atoms with Gasteiger partial charge in [-0.05, 0) is 22.0 Å². The van der Waals surface area contributed by atoms with Gasteiger partial charge in [0.2, 0.25) is 11.9 Å². The second-order valence-electron chi connectivity index (χ2n) is 4.64. The fourth-order valence-electron chi connectivity index (χ4n) is 2.27. The van der Waals surface area contributed by atoms with Crippen LogP contribution in [0.4, 0.5) is 17.7 Å². The van der Waals surface area contributed by atoms with Gasteiger partial charge in [-0.2, -0.15) is 4.98 Å². The molecule has 2 aromatic heterocycles. The van der Waals surface area contributed by atoms with Crippen LogP contribution < -0.4 is 15.1 Å². The Labute approximate surface area is 131 Å². The Morgan fingerprint density at radius 2 is 1.71 bits per heavy atom. The summed E-state index contributed by atoms with van der Waals surface area (Å²) in [4.78, 5) is 21.7. The molecule has 0 aromatic carbocycles. The molecule has 1 fully saturated rings. The number of hydrogen-bond donors (Lipinski definition) is 1. The monoisotopic (exact) mass is 349 g/mol. The van der Waals surface area contributed by atoms with Gasteiger partial charge in [0.05, 0.1) is 4.47 Å². The first-order valence-electron chi connectivity index (χ1n) is 6.75. The molecule has 3 rings (SSSR count). The van der Waals surface area contributed by atoms with Crippen molar-refractivity contribution in [3.63, 3.8) is 0 Å². The van der Waals surface area contributed by atoms with E-state index < -0.39 is 0 Å². The first kappa shape index (κ1) is 14.0. The predicted octanol–water partition coefficient (Wildman–Crippen LogP) is 1.40. The fourth-order valence-corrected chi connectivity index (χ4v) is 2.71. The molecule has 0 bridgehead atoms. The van der Waals surface area contributed by atoms with Gasteiger partial charge in [0.25, 0.3) is 0 Å². The lowest BCUT2D eigenvalue weighted by molar-refractivity contribution is 0.633. The lowest BCUT2D eigenvalue weighted by Gasteiger charge is -2.35. The van der Waals surface area contributed by atoms with E-state index in [9.17, 15) is 0 Å². The molecule has 0 aliphatic carbocycles. The molecule has 1 N–H and O–H groups in total. The molecule has 0 spiro atoms. The molecule has 2 aromatic rings. The second-order valence-corrected chi connectivity index (χ2v) is 5.49. The quantitative estimate of drug-likeness (QED) is 0.897. The number of rotatable bonds is 3. The molecule has 3 heterocycles. The number of hydrogen-bond acceptors (Lipinski definition) is 7. The Balaban J connectivity index is 1.71. The highest BCUT2D eigenvalue weighted by Gasteiger charge is 2.21. The summed E-state index contributed by atoms with van der Waals surface area (Å²) >= 11 is 3.52. The molecule has 8 heteroatoms. The standard InChI is InChI=1S/C13H16BrN7/c1-15-12-18-9-10(14)11(19-12)20-5-7-21(8-6-20)13-16-3-2-4-17-13/h2-4,9H,5-8H2,1H3,(H,15,18,19). The van der Waals surface area contributed by atoms with Gasteiger partial charge in [-0.15, -0.1) is 0 Å². The fraction of sp³-hybridized carbons (Fsp3) is 0.385. The molecular formula is C13H16BrN7. The van der Waals surface area contributed by atoms with E-state index >= 15 is 0 Å². The zero-order valence-electron chi connectivity index (χ0n) is 11.7. The summed E-state index contributed by atoms with van der Waals surface area (Å²) in [6, 6.07) is 1.83. The minimum atomic E-state index is 0.627. The van der Waals surface area contributed by atoms with Crippen LogP contribution in [-0.2, 0) is 0 Å². The third kappa shape index (κ3) is 3.05. The topological polar surface area (TPSA) is 70.1 Å². The summed E-state index contributed by atoms with van der Waals surface area (Å²) in [7, 11) is 1.82. The second kappa shape index (κ2) is 6.21. The Hall–Kier alpha value is -1.96. The van der Waals surface area contributed by atoms with Gasteiger partial charge in [-0.3, -0.25) is 0 Å². The minimum Gasteiger partial charge on any atom is -0.357 e. The molecule has 0 atom stereocenters. The largest absolute Gasteiger partial charge is 0.357 e. The summed E-state index contributed by atoms with van der Waals surface area (Å²) in [5, 5.41) is 2.97. The van der Waals surface area contributed by atoms with Crippen molar-refractivity contribution in [1.82, 2.24) is 19.9 Å². The third-order valence-electron chi connectivity index (χ3n) is 3.36. The van der Waals surface area contributed by atoms with Crippen LogP contribution in [0, 0.1) is 0 Å². The van der Waals surface area contributed by atoms with E-state index in [0.29, 0.717) is 5.95 Å². The van der Waals surface area contributed by atoms with Crippen molar-refractivity contribution in [2.75, 3.05) is 48.3 Å². The Bertz CT molecular complexity index is 599. The highest BCUT2D eigenvalue weighted by Crippen LogP contribution is 2.25. The molecule has 1 aliphatic rings. The Morgan fingerprint density at radius 1 is 1.05 bits per heavy atom. The summed E-state index contributed by atoms with van der Waals surface area (Å²) in [6.45, 7) is 3.48. The van der Waals surface area contributed by atoms with Crippen molar-refractivity contribution in [3.8, 4) is 0 Å². The first-order chi connectivity index (χ1) is 10.3. The molecule has 0 saturated carbocycles. The Kier molecular flexibility index (Phi) is 4.14. The maximum atomic E-state index is 4.52. The molecule has 1 saturated heterocycles. The lowest BCUT2D eigenvalue weighted by atomic mass is 10.3. The molecule has 0 unspecified atom stereocenters. The van der Waals surface area contributed by atoms with Crippen LogP contribution in [-0.4, -0.2) is 53.2 Å². The lowest BCUT2D eigenvalue weighted by Crippen LogP contribution is -2.47. The average Bonchev–Trinajstić information content (AvgIpc) is 2.56. The van der Waals surface area contributed by atoms with Crippen LogP contribution >= 0.6 is 15.9 Å². The normalized spacial score (nSPS) is 15.1. The molecule has 21 heavy (non-hydrogen) atoms. The van der Waals surface area contributed by atoms with Crippen molar-refractivity contribution in [1.29, 1.82) is 0 Å². The van der Waals surface area contributed by atoms with Gasteiger partial charge in [-0.25, -0.2) is 15.0 Å². The average molecular weight is 350 g/mol. The summed E-state index contributed by atoms with van der Waals surface area (Å²) < 4.78 is 0.908. The van der Waals surface area contributed by atoms with E-state index in [4.69, 9.17) is 0 Å². The molecular weight excluding hydrogens is 334 g/mol. The minimum absolute atomic E-state index is 0.627. The van der Waals surface area contributed by atoms with E-state index in [0.717, 1.165) is 42.4 Å². The molecule has 0 radical (unpaired) electrons. The molecule has 7 nitrogen and oxygen atoms in total. The van der Waals surface area contributed by atoms with E-state index in [1.807, 2.05) is 13.1 Å². The van der Waals surface area contributed by atoms with E-state index in [-0.39, 0.29) is 0 Å². The zero-order chi connectivity index (χ0) is 14.7. The number of piperazine rings is 1. The van der Waals surface area contributed by atoms with E-state index in [1.165, 1.54) is 0 Å². The zero-order valence-corrected chi connectivity index (χ0v) is 13.3. The smallest absolute Gasteiger partial charge is 0.225 e. The number of halogens is 1. The third-order valence-corrected chi connectivity index (χ3v) is 3.92. The number of aromatic nitrogens is 4. The van der Waals surface area contributed by atoms with Gasteiger partial charge in [0.1, 0.15) is 5.82 Å². The summed E-state index contributed by atoms with van der Waals surface area (Å²) in [6.07, 6.45) is 5.32. The summed E-state index contributed by atoms with van der Waals surface area (Å²) in [5.74, 6) is 2.33. The van der Waals surface area contributed by atoms with E-state index in [2.05, 4.69) is 51.0 Å². The van der Waals surface area contributed by atoms with Crippen molar-refractivity contribution < 1.29 is 0 Å². The van der Waals surface area contributed by atoms with Gasteiger partial charge < -0.3 is 15.1 Å². The molecule has 0 amide bonds. The number of nitrogens with zero attached hydrogens (tertiary/aromatic N) is 6. The summed E-state index contributed by atoms with van der Waals surface area (Å²) in [5.41, 5.74) is 0. The van der Waals surface area contributed by atoms with Crippen LogP contribution in [0.2, 0.25) is 0 Å². The van der Waals surface area contributed by atoms with Gasteiger partial charge in [0, 0.05) is 51.8 Å². The number of nitrogens with one attached hydrogen (secondary N) is 1. The SMILES string of the molecule is CNc1ncc(Br)c(N2CCN(c3ncccn3)CC2)n1. The van der Waals surface area contributed by atoms with Crippen LogP contribution in [0.3, 0.4) is 0 Å². The molecule has 110 valence electrons. The maximum absolute atomic E-state index is 4.52. The number of anilines is 3.